The first-order valence-electron chi connectivity index (χ1n) is 4.91. The second-order valence-corrected chi connectivity index (χ2v) is 3.55. The van der Waals surface area contributed by atoms with Gasteiger partial charge < -0.3 is 15.0 Å². The van der Waals surface area contributed by atoms with Gasteiger partial charge in [0.2, 0.25) is 0 Å². The fourth-order valence-corrected chi connectivity index (χ4v) is 1.90. The van der Waals surface area contributed by atoms with E-state index in [1.165, 1.54) is 0 Å². The maximum Gasteiger partial charge on any atom is 0.169 e. The van der Waals surface area contributed by atoms with Gasteiger partial charge in [0.1, 0.15) is 0 Å². The molecule has 0 radical (unpaired) electrons. The Hall–Kier alpha value is -0.350. The Morgan fingerprint density at radius 2 is 2.38 bits per heavy atom. The number of nitrogens with zero attached hydrogens (tertiary/aromatic N) is 1. The molecule has 0 aliphatic carbocycles. The third-order valence-electron chi connectivity index (χ3n) is 2.29. The van der Waals surface area contributed by atoms with E-state index in [-0.39, 0.29) is 0 Å². The molecule has 1 N–H and O–H groups in total. The largest absolute Gasteiger partial charge is 0.377 e. The van der Waals surface area contributed by atoms with Gasteiger partial charge in [-0.2, -0.15) is 0 Å². The molecule has 1 rings (SSSR count). The lowest BCUT2D eigenvalue weighted by Crippen LogP contribution is -2.52. The summed E-state index contributed by atoms with van der Waals surface area (Å²) < 4.78 is 5.40. The van der Waals surface area contributed by atoms with Gasteiger partial charge in [0.25, 0.3) is 0 Å². The molecule has 0 saturated carbocycles. The molecule has 13 heavy (non-hydrogen) atoms. The minimum atomic E-state index is 0.459. The summed E-state index contributed by atoms with van der Waals surface area (Å²) in [6, 6.07) is 0.459. The molecular weight excluding hydrogens is 184 g/mol. The molecule has 1 atom stereocenters. The maximum absolute atomic E-state index is 5.40. The minimum absolute atomic E-state index is 0.459. The number of rotatable bonds is 2. The summed E-state index contributed by atoms with van der Waals surface area (Å²) in [6.45, 7) is 7.65. The van der Waals surface area contributed by atoms with E-state index in [9.17, 15) is 0 Å². The van der Waals surface area contributed by atoms with Gasteiger partial charge in [-0.05, 0) is 25.6 Å². The third kappa shape index (κ3) is 2.81. The molecular formula is C9H18N2OS. The summed E-state index contributed by atoms with van der Waals surface area (Å²) >= 11 is 5.28. The van der Waals surface area contributed by atoms with E-state index in [2.05, 4.69) is 24.1 Å². The molecule has 0 aromatic carbocycles. The monoisotopic (exact) mass is 202 g/mol. The highest BCUT2D eigenvalue weighted by molar-refractivity contribution is 7.80. The second kappa shape index (κ2) is 5.40. The van der Waals surface area contributed by atoms with Crippen molar-refractivity contribution in [2.24, 2.45) is 0 Å². The molecule has 0 aromatic rings. The molecule has 4 heteroatoms. The predicted molar refractivity (Wildman–Crippen MR) is 57.9 cm³/mol. The molecule has 1 fully saturated rings. The first-order chi connectivity index (χ1) is 6.29. The fraction of sp³-hybridized carbons (Fsp3) is 0.889. The molecule has 0 aromatic heterocycles. The minimum Gasteiger partial charge on any atom is -0.377 e. The zero-order valence-corrected chi connectivity index (χ0v) is 9.19. The highest BCUT2D eigenvalue weighted by atomic mass is 32.1. The van der Waals surface area contributed by atoms with E-state index >= 15 is 0 Å². The lowest BCUT2D eigenvalue weighted by molar-refractivity contribution is 0.0249. The van der Waals surface area contributed by atoms with Crippen LogP contribution in [-0.4, -0.2) is 42.4 Å². The number of nitrogens with one attached hydrogen (secondary N) is 1. The Labute approximate surface area is 85.4 Å². The summed E-state index contributed by atoms with van der Waals surface area (Å²) in [6.07, 6.45) is 1.09. The third-order valence-corrected chi connectivity index (χ3v) is 2.67. The van der Waals surface area contributed by atoms with E-state index in [4.69, 9.17) is 17.0 Å². The lowest BCUT2D eigenvalue weighted by Gasteiger charge is -2.36. The molecule has 0 spiro atoms. The Morgan fingerprint density at radius 3 is 3.00 bits per heavy atom. The van der Waals surface area contributed by atoms with E-state index in [0.29, 0.717) is 6.04 Å². The van der Waals surface area contributed by atoms with Crippen molar-refractivity contribution in [1.82, 2.24) is 10.2 Å². The molecule has 1 saturated heterocycles. The van der Waals surface area contributed by atoms with Crippen LogP contribution in [0, 0.1) is 0 Å². The van der Waals surface area contributed by atoms with Crippen LogP contribution < -0.4 is 5.32 Å². The first-order valence-corrected chi connectivity index (χ1v) is 5.32. The van der Waals surface area contributed by atoms with Crippen LogP contribution in [-0.2, 0) is 4.74 Å². The molecule has 3 nitrogen and oxygen atoms in total. The van der Waals surface area contributed by atoms with Gasteiger partial charge in [-0.1, -0.05) is 6.92 Å². The molecule has 1 heterocycles. The average Bonchev–Trinajstić information content (AvgIpc) is 2.18. The summed E-state index contributed by atoms with van der Waals surface area (Å²) in [5, 5.41) is 4.05. The predicted octanol–water partition coefficient (Wildman–Crippen LogP) is 0.992. The number of ether oxygens (including phenoxy) is 1. The van der Waals surface area contributed by atoms with Crippen molar-refractivity contribution in [3.05, 3.63) is 0 Å². The first kappa shape index (κ1) is 10.7. The summed E-state index contributed by atoms with van der Waals surface area (Å²) in [5.41, 5.74) is 0. The molecule has 1 aliphatic rings. The van der Waals surface area contributed by atoms with Gasteiger partial charge >= 0.3 is 0 Å². The molecule has 76 valence electrons. The molecule has 0 amide bonds. The van der Waals surface area contributed by atoms with Gasteiger partial charge in [-0.15, -0.1) is 0 Å². The van der Waals surface area contributed by atoms with Crippen molar-refractivity contribution < 1.29 is 4.74 Å². The van der Waals surface area contributed by atoms with Gasteiger partial charge in [-0.3, -0.25) is 0 Å². The van der Waals surface area contributed by atoms with Crippen LogP contribution in [0.15, 0.2) is 0 Å². The Kier molecular flexibility index (Phi) is 4.45. The topological polar surface area (TPSA) is 24.5 Å². The number of morpholine rings is 1. The van der Waals surface area contributed by atoms with Crippen LogP contribution in [0.3, 0.4) is 0 Å². The zero-order valence-electron chi connectivity index (χ0n) is 8.38. The van der Waals surface area contributed by atoms with Crippen LogP contribution in [0.1, 0.15) is 20.3 Å². The highest BCUT2D eigenvalue weighted by Crippen LogP contribution is 2.10. The summed E-state index contributed by atoms with van der Waals surface area (Å²) in [7, 11) is 0. The number of thiocarbonyl (C=S) groups is 1. The summed E-state index contributed by atoms with van der Waals surface area (Å²) in [4.78, 5) is 2.24. The zero-order chi connectivity index (χ0) is 9.68. The van der Waals surface area contributed by atoms with E-state index < -0.39 is 0 Å². The molecule has 1 unspecified atom stereocenters. The quantitative estimate of drug-likeness (QED) is 0.675. The SMILES string of the molecule is CCNC(=S)N1CCOCC1CC. The van der Waals surface area contributed by atoms with Crippen molar-refractivity contribution >= 4 is 17.3 Å². The van der Waals surface area contributed by atoms with Crippen LogP contribution in [0.5, 0.6) is 0 Å². The van der Waals surface area contributed by atoms with E-state index in [1.54, 1.807) is 0 Å². The Morgan fingerprint density at radius 1 is 1.62 bits per heavy atom. The highest BCUT2D eigenvalue weighted by Gasteiger charge is 2.22. The Balaban J connectivity index is 2.48. The van der Waals surface area contributed by atoms with E-state index in [0.717, 1.165) is 37.8 Å². The standard InChI is InChI=1S/C9H18N2OS/c1-3-8-7-12-6-5-11(8)9(13)10-4-2/h8H,3-7H2,1-2H3,(H,10,13). The molecule has 1 aliphatic heterocycles. The molecule has 0 bridgehead atoms. The van der Waals surface area contributed by atoms with Gasteiger partial charge in [0.15, 0.2) is 5.11 Å². The van der Waals surface area contributed by atoms with Crippen LogP contribution in [0.25, 0.3) is 0 Å². The van der Waals surface area contributed by atoms with Gasteiger partial charge in [-0.25, -0.2) is 0 Å². The summed E-state index contributed by atoms with van der Waals surface area (Å²) in [5.74, 6) is 0. The second-order valence-electron chi connectivity index (χ2n) is 3.17. The van der Waals surface area contributed by atoms with Crippen molar-refractivity contribution in [3.8, 4) is 0 Å². The maximum atomic E-state index is 5.40. The van der Waals surface area contributed by atoms with Crippen LogP contribution in [0.2, 0.25) is 0 Å². The van der Waals surface area contributed by atoms with Crippen molar-refractivity contribution in [2.75, 3.05) is 26.3 Å². The van der Waals surface area contributed by atoms with Crippen LogP contribution in [0.4, 0.5) is 0 Å². The van der Waals surface area contributed by atoms with Gasteiger partial charge in [0.05, 0.1) is 19.3 Å². The van der Waals surface area contributed by atoms with Crippen molar-refractivity contribution in [3.63, 3.8) is 0 Å². The van der Waals surface area contributed by atoms with Gasteiger partial charge in [0, 0.05) is 13.1 Å². The van der Waals surface area contributed by atoms with Crippen molar-refractivity contribution in [1.29, 1.82) is 0 Å². The van der Waals surface area contributed by atoms with Crippen molar-refractivity contribution in [2.45, 2.75) is 26.3 Å². The number of hydrogen-bond acceptors (Lipinski definition) is 2. The lowest BCUT2D eigenvalue weighted by atomic mass is 10.2. The smallest absolute Gasteiger partial charge is 0.169 e. The normalized spacial score (nSPS) is 22.9. The Bertz CT molecular complexity index is 175. The van der Waals surface area contributed by atoms with Crippen LogP contribution >= 0.6 is 12.2 Å². The number of hydrogen-bond donors (Lipinski definition) is 1. The van der Waals surface area contributed by atoms with E-state index in [1.807, 2.05) is 0 Å². The fourth-order valence-electron chi connectivity index (χ4n) is 1.51. The average molecular weight is 202 g/mol.